The van der Waals surface area contributed by atoms with Gasteiger partial charge in [0.2, 0.25) is 0 Å². The predicted octanol–water partition coefficient (Wildman–Crippen LogP) is 1.17. The lowest BCUT2D eigenvalue weighted by atomic mass is 10.2. The van der Waals surface area contributed by atoms with Crippen LogP contribution in [0.5, 0.6) is 5.75 Å². The van der Waals surface area contributed by atoms with E-state index in [9.17, 15) is 24.5 Å². The molecule has 10 heteroatoms. The van der Waals surface area contributed by atoms with Gasteiger partial charge in [-0.1, -0.05) is 13.8 Å². The number of non-ortho nitro benzene ring substituents is 1. The van der Waals surface area contributed by atoms with Crippen molar-refractivity contribution < 1.29 is 28.8 Å². The molecule has 27 heavy (non-hydrogen) atoms. The minimum atomic E-state index is -0.803. The number of nitro groups is 1. The number of hydrogen-bond donors (Lipinski definition) is 1. The van der Waals surface area contributed by atoms with Gasteiger partial charge in [-0.2, -0.15) is 0 Å². The van der Waals surface area contributed by atoms with Gasteiger partial charge in [0, 0.05) is 18.2 Å². The van der Waals surface area contributed by atoms with Crippen LogP contribution in [0.3, 0.4) is 0 Å². The number of esters is 1. The van der Waals surface area contributed by atoms with Crippen LogP contribution < -0.4 is 15.0 Å². The number of benzene rings is 1. The van der Waals surface area contributed by atoms with Gasteiger partial charge in [-0.05, 0) is 18.9 Å². The molecule has 2 rings (SSSR count). The Labute approximate surface area is 155 Å². The van der Waals surface area contributed by atoms with E-state index in [4.69, 9.17) is 9.47 Å². The molecule has 146 valence electrons. The predicted molar refractivity (Wildman–Crippen MR) is 94.4 cm³/mol. The smallest absolute Gasteiger partial charge is 0.326 e. The van der Waals surface area contributed by atoms with Crippen molar-refractivity contribution in [3.05, 3.63) is 28.3 Å². The van der Waals surface area contributed by atoms with E-state index >= 15 is 0 Å². The summed E-state index contributed by atoms with van der Waals surface area (Å²) in [6.07, 6.45) is 1.52. The summed E-state index contributed by atoms with van der Waals surface area (Å²) in [5, 5.41) is 13.7. The van der Waals surface area contributed by atoms with E-state index in [0.717, 1.165) is 23.8 Å². The largest absolute Gasteiger partial charge is 0.482 e. The van der Waals surface area contributed by atoms with Crippen LogP contribution in [0, 0.1) is 10.1 Å². The van der Waals surface area contributed by atoms with Crippen molar-refractivity contribution in [2.75, 3.05) is 24.7 Å². The van der Waals surface area contributed by atoms with E-state index in [2.05, 4.69) is 5.32 Å². The summed E-state index contributed by atoms with van der Waals surface area (Å²) in [6.45, 7) is 2.62. The molecule has 0 atom stereocenters. The van der Waals surface area contributed by atoms with E-state index in [1.807, 2.05) is 13.8 Å². The molecule has 1 aromatic carbocycles. The van der Waals surface area contributed by atoms with Crippen molar-refractivity contribution in [1.29, 1.82) is 0 Å². The lowest BCUT2D eigenvalue weighted by Gasteiger charge is -2.28. The van der Waals surface area contributed by atoms with E-state index in [-0.39, 0.29) is 29.8 Å². The van der Waals surface area contributed by atoms with E-state index in [0.29, 0.717) is 0 Å². The molecule has 0 bridgehead atoms. The molecule has 1 heterocycles. The highest BCUT2D eigenvalue weighted by Crippen LogP contribution is 2.35. The molecular formula is C17H21N3O7. The highest BCUT2D eigenvalue weighted by molar-refractivity contribution is 6.01. The third-order valence-electron chi connectivity index (χ3n) is 4.10. The SMILES string of the molecule is CCC(CC)NC(=O)COC(=O)CN1C(=O)COc2ccc([N+](=O)[O-])cc21. The molecule has 0 saturated heterocycles. The third kappa shape index (κ3) is 5.16. The van der Waals surface area contributed by atoms with Crippen molar-refractivity contribution in [2.45, 2.75) is 32.7 Å². The number of fused-ring (bicyclic) bond motifs is 1. The zero-order valence-corrected chi connectivity index (χ0v) is 15.1. The van der Waals surface area contributed by atoms with Gasteiger partial charge in [0.1, 0.15) is 12.3 Å². The highest BCUT2D eigenvalue weighted by Gasteiger charge is 2.29. The van der Waals surface area contributed by atoms with Crippen LogP contribution in [0.25, 0.3) is 0 Å². The first-order valence-electron chi connectivity index (χ1n) is 8.52. The molecule has 10 nitrogen and oxygen atoms in total. The number of nitrogens with zero attached hydrogens (tertiary/aromatic N) is 2. The number of rotatable bonds is 8. The van der Waals surface area contributed by atoms with E-state index < -0.39 is 35.9 Å². The van der Waals surface area contributed by atoms with Crippen molar-refractivity contribution in [3.8, 4) is 5.75 Å². The fourth-order valence-electron chi connectivity index (χ4n) is 2.56. The van der Waals surface area contributed by atoms with Gasteiger partial charge in [0.25, 0.3) is 17.5 Å². The Morgan fingerprint density at radius 2 is 2.07 bits per heavy atom. The zero-order valence-electron chi connectivity index (χ0n) is 15.1. The van der Waals surface area contributed by atoms with Crippen molar-refractivity contribution in [1.82, 2.24) is 5.32 Å². The van der Waals surface area contributed by atoms with Gasteiger partial charge in [-0.25, -0.2) is 0 Å². The Balaban J connectivity index is 2.01. The molecule has 2 amide bonds. The van der Waals surface area contributed by atoms with Crippen LogP contribution in [-0.4, -0.2) is 48.5 Å². The second-order valence-corrected chi connectivity index (χ2v) is 5.92. The summed E-state index contributed by atoms with van der Waals surface area (Å²) in [5.41, 5.74) is -0.131. The van der Waals surface area contributed by atoms with Gasteiger partial charge in [0.15, 0.2) is 13.2 Å². The van der Waals surface area contributed by atoms with Crippen LogP contribution in [0.15, 0.2) is 18.2 Å². The summed E-state index contributed by atoms with van der Waals surface area (Å²) in [6, 6.07) is 3.76. The zero-order chi connectivity index (χ0) is 20.0. The lowest BCUT2D eigenvalue weighted by Crippen LogP contribution is -2.43. The first-order chi connectivity index (χ1) is 12.8. The molecule has 0 aliphatic carbocycles. The van der Waals surface area contributed by atoms with Crippen molar-refractivity contribution >= 4 is 29.2 Å². The fourth-order valence-corrected chi connectivity index (χ4v) is 2.56. The average molecular weight is 379 g/mol. The molecular weight excluding hydrogens is 358 g/mol. The topological polar surface area (TPSA) is 128 Å². The second-order valence-electron chi connectivity index (χ2n) is 5.92. The average Bonchev–Trinajstić information content (AvgIpc) is 2.66. The maximum atomic E-state index is 12.1. The summed E-state index contributed by atoms with van der Waals surface area (Å²) < 4.78 is 10.1. The van der Waals surface area contributed by atoms with E-state index in [1.165, 1.54) is 12.1 Å². The number of carbonyl (C=O) groups excluding carboxylic acids is 3. The molecule has 1 aliphatic rings. The maximum absolute atomic E-state index is 12.1. The molecule has 0 aromatic heterocycles. The van der Waals surface area contributed by atoms with Crippen LogP contribution in [0.4, 0.5) is 11.4 Å². The number of anilines is 1. The van der Waals surface area contributed by atoms with Gasteiger partial charge < -0.3 is 14.8 Å². The molecule has 0 radical (unpaired) electrons. The van der Waals surface area contributed by atoms with Crippen molar-refractivity contribution in [2.24, 2.45) is 0 Å². The molecule has 0 fully saturated rings. The number of ether oxygens (including phenoxy) is 2. The Morgan fingerprint density at radius 3 is 2.70 bits per heavy atom. The first kappa shape index (κ1) is 20.1. The summed E-state index contributed by atoms with van der Waals surface area (Å²) in [5.74, 6) is -1.52. The summed E-state index contributed by atoms with van der Waals surface area (Å²) in [7, 11) is 0. The maximum Gasteiger partial charge on any atom is 0.326 e. The number of nitrogens with one attached hydrogen (secondary N) is 1. The van der Waals surface area contributed by atoms with Gasteiger partial charge in [0.05, 0.1) is 10.6 Å². The number of carbonyl (C=O) groups is 3. The van der Waals surface area contributed by atoms with Crippen molar-refractivity contribution in [3.63, 3.8) is 0 Å². The quantitative estimate of drug-likeness (QED) is 0.408. The first-order valence-corrected chi connectivity index (χ1v) is 8.52. The molecule has 0 unspecified atom stereocenters. The second kappa shape index (κ2) is 8.97. The molecule has 1 aromatic rings. The van der Waals surface area contributed by atoms with Crippen LogP contribution in [0.2, 0.25) is 0 Å². The Kier molecular flexibility index (Phi) is 6.69. The highest BCUT2D eigenvalue weighted by atomic mass is 16.6. The standard InChI is InChI=1S/C17H21N3O7/c1-3-11(4-2)18-15(21)9-27-17(23)8-19-13-7-12(20(24)25)5-6-14(13)26-10-16(19)22/h5-7,11H,3-4,8-10H2,1-2H3,(H,18,21). The minimum absolute atomic E-state index is 0.00412. The summed E-state index contributed by atoms with van der Waals surface area (Å²) in [4.78, 5) is 47.3. The van der Waals surface area contributed by atoms with Gasteiger partial charge >= 0.3 is 5.97 Å². The molecule has 0 saturated carbocycles. The monoisotopic (exact) mass is 379 g/mol. The molecule has 0 spiro atoms. The number of hydrogen-bond acceptors (Lipinski definition) is 7. The fraction of sp³-hybridized carbons (Fsp3) is 0.471. The minimum Gasteiger partial charge on any atom is -0.482 e. The normalized spacial score (nSPS) is 13.0. The Morgan fingerprint density at radius 1 is 1.37 bits per heavy atom. The van der Waals surface area contributed by atoms with Crippen LogP contribution in [0.1, 0.15) is 26.7 Å². The molecule has 1 aliphatic heterocycles. The Bertz CT molecular complexity index is 746. The number of nitro benzene ring substituents is 1. The third-order valence-corrected chi connectivity index (χ3v) is 4.10. The Hall–Kier alpha value is -3.17. The van der Waals surface area contributed by atoms with Crippen LogP contribution in [-0.2, 0) is 19.1 Å². The molecule has 1 N–H and O–H groups in total. The van der Waals surface area contributed by atoms with E-state index in [1.54, 1.807) is 0 Å². The summed E-state index contributed by atoms with van der Waals surface area (Å²) >= 11 is 0. The number of amides is 2. The lowest BCUT2D eigenvalue weighted by molar-refractivity contribution is -0.384. The van der Waals surface area contributed by atoms with Gasteiger partial charge in [-0.3, -0.25) is 29.4 Å². The van der Waals surface area contributed by atoms with Crippen LogP contribution >= 0.6 is 0 Å². The van der Waals surface area contributed by atoms with Gasteiger partial charge in [-0.15, -0.1) is 0 Å².